The van der Waals surface area contributed by atoms with Gasteiger partial charge in [0.15, 0.2) is 0 Å². The lowest BCUT2D eigenvalue weighted by atomic mass is 10.0. The van der Waals surface area contributed by atoms with Crippen molar-refractivity contribution in [2.45, 2.75) is 27.7 Å². The van der Waals surface area contributed by atoms with Crippen LogP contribution in [0.25, 0.3) is 52.9 Å². The molecule has 6 aromatic rings. The molecule has 0 amide bonds. The predicted octanol–water partition coefficient (Wildman–Crippen LogP) is 9.11. The molecule has 6 heteroatoms. The molecule has 0 aliphatic rings. The average molecular weight is 510 g/mol. The van der Waals surface area contributed by atoms with Crippen molar-refractivity contribution in [3.05, 3.63) is 89.1 Å². The molecule has 0 fully saturated rings. The highest BCUT2D eigenvalue weighted by Crippen LogP contribution is 2.42. The van der Waals surface area contributed by atoms with Gasteiger partial charge in [0, 0.05) is 26.4 Å². The maximum Gasteiger partial charge on any atom is 0.132 e. The second kappa shape index (κ2) is 8.79. The van der Waals surface area contributed by atoms with Crippen molar-refractivity contribution in [3.8, 4) is 41.9 Å². The Morgan fingerprint density at radius 2 is 1.06 bits per heavy atom. The van der Waals surface area contributed by atoms with Gasteiger partial charge in [0.05, 0.1) is 16.6 Å². The van der Waals surface area contributed by atoms with Gasteiger partial charge in [0.1, 0.15) is 16.7 Å². The van der Waals surface area contributed by atoms with Crippen molar-refractivity contribution in [3.63, 3.8) is 0 Å². The minimum atomic E-state index is 0.878. The van der Waals surface area contributed by atoms with Gasteiger partial charge in [0.25, 0.3) is 0 Å². The molecule has 0 atom stereocenters. The molecular formula is C29H23N3S3. The summed E-state index contributed by atoms with van der Waals surface area (Å²) >= 11 is 4.80. The first-order valence-electron chi connectivity index (χ1n) is 11.4. The Balaban J connectivity index is 1.41. The molecule has 6 rings (SSSR count). The summed E-state index contributed by atoms with van der Waals surface area (Å²) in [5, 5.41) is 0. The molecule has 2 aromatic carbocycles. The lowest BCUT2D eigenvalue weighted by molar-refractivity contribution is 1.36. The third-order valence-corrected chi connectivity index (χ3v) is 9.12. The lowest BCUT2D eigenvalue weighted by Crippen LogP contribution is -1.86. The van der Waals surface area contributed by atoms with E-state index >= 15 is 0 Å². The van der Waals surface area contributed by atoms with E-state index in [9.17, 15) is 0 Å². The summed E-state index contributed by atoms with van der Waals surface area (Å²) in [6, 6.07) is 22.0. The largest absolute Gasteiger partial charge is 0.252 e. The number of thiophene rings is 2. The Hall–Kier alpha value is -3.19. The number of fused-ring (bicyclic) bond motifs is 1. The number of benzene rings is 2. The summed E-state index contributed by atoms with van der Waals surface area (Å²) in [6.07, 6.45) is 1.97. The Kier molecular flexibility index (Phi) is 5.60. The summed E-state index contributed by atoms with van der Waals surface area (Å²) in [6.45, 7) is 8.61. The van der Waals surface area contributed by atoms with E-state index in [4.69, 9.17) is 4.98 Å². The third kappa shape index (κ3) is 4.01. The van der Waals surface area contributed by atoms with E-state index in [1.165, 1.54) is 59.7 Å². The summed E-state index contributed by atoms with van der Waals surface area (Å²) in [5.74, 6) is 0. The Labute approximate surface area is 217 Å². The van der Waals surface area contributed by atoms with Crippen molar-refractivity contribution in [2.75, 3.05) is 0 Å². The normalized spacial score (nSPS) is 11.4. The number of pyridine rings is 1. The van der Waals surface area contributed by atoms with Crippen molar-refractivity contribution in [1.82, 2.24) is 13.7 Å². The van der Waals surface area contributed by atoms with Crippen LogP contribution in [0.3, 0.4) is 0 Å². The molecule has 0 spiro atoms. The van der Waals surface area contributed by atoms with Crippen LogP contribution in [0.5, 0.6) is 0 Å². The molecule has 0 aliphatic heterocycles. The van der Waals surface area contributed by atoms with E-state index < -0.39 is 0 Å². The van der Waals surface area contributed by atoms with Crippen LogP contribution in [-0.2, 0) is 0 Å². The van der Waals surface area contributed by atoms with Crippen LogP contribution in [-0.4, -0.2) is 13.7 Å². The number of nitrogens with zero attached hydrogens (tertiary/aromatic N) is 3. The highest BCUT2D eigenvalue weighted by Gasteiger charge is 2.18. The minimum absolute atomic E-state index is 0.878. The van der Waals surface area contributed by atoms with Crippen molar-refractivity contribution >= 4 is 45.4 Å². The lowest BCUT2D eigenvalue weighted by Gasteiger charge is -2.05. The van der Waals surface area contributed by atoms with Gasteiger partial charge in [-0.1, -0.05) is 47.5 Å². The van der Waals surface area contributed by atoms with E-state index in [1.54, 1.807) is 22.7 Å². The SMILES string of the molecule is Cc1ccc(C)c(-c2ccc(-c3cnc(-c4ccc(-c5cc(C)ccc5C)s4)c4nsnc34)s2)c1. The average Bonchev–Trinajstić information content (AvgIpc) is 3.62. The number of hydrogen-bond acceptors (Lipinski definition) is 6. The van der Waals surface area contributed by atoms with Crippen LogP contribution in [0.2, 0.25) is 0 Å². The van der Waals surface area contributed by atoms with E-state index in [2.05, 4.69) is 97.1 Å². The van der Waals surface area contributed by atoms with Gasteiger partial charge in [-0.25, -0.2) is 0 Å². The summed E-state index contributed by atoms with van der Waals surface area (Å²) in [5.41, 5.74) is 11.4. The van der Waals surface area contributed by atoms with Crippen molar-refractivity contribution < 1.29 is 0 Å². The maximum atomic E-state index is 4.91. The first-order valence-corrected chi connectivity index (χ1v) is 13.8. The topological polar surface area (TPSA) is 38.7 Å². The smallest absolute Gasteiger partial charge is 0.132 e. The van der Waals surface area contributed by atoms with Gasteiger partial charge >= 0.3 is 0 Å². The standard InChI is InChI=1S/C29H23N3S3/c1-16-5-7-18(3)20(13-16)23-9-10-25(33-23)22-15-30-28(29-27(22)31-35-32-29)26-12-11-24(34-26)21-14-17(2)6-8-19(21)4/h5-15H,1-4H3. The molecule has 0 saturated carbocycles. The molecule has 4 aromatic heterocycles. The van der Waals surface area contributed by atoms with Gasteiger partial charge < -0.3 is 0 Å². The van der Waals surface area contributed by atoms with Crippen molar-refractivity contribution in [1.29, 1.82) is 0 Å². The van der Waals surface area contributed by atoms with E-state index in [0.717, 1.165) is 27.2 Å². The zero-order chi connectivity index (χ0) is 24.1. The van der Waals surface area contributed by atoms with Crippen LogP contribution in [0.15, 0.2) is 66.9 Å². The summed E-state index contributed by atoms with van der Waals surface area (Å²) in [4.78, 5) is 9.70. The fourth-order valence-corrected chi connectivity index (χ4v) is 7.12. The zero-order valence-electron chi connectivity index (χ0n) is 19.9. The summed E-state index contributed by atoms with van der Waals surface area (Å²) < 4.78 is 9.35. The molecule has 0 saturated heterocycles. The zero-order valence-corrected chi connectivity index (χ0v) is 22.4. The third-order valence-electron chi connectivity index (χ3n) is 6.32. The van der Waals surface area contributed by atoms with Crippen LogP contribution in [0.1, 0.15) is 22.3 Å². The van der Waals surface area contributed by atoms with E-state index in [-0.39, 0.29) is 0 Å². The molecule has 0 aliphatic carbocycles. The van der Waals surface area contributed by atoms with Gasteiger partial charge in [-0.3, -0.25) is 4.98 Å². The van der Waals surface area contributed by atoms with Crippen LogP contribution >= 0.6 is 34.4 Å². The van der Waals surface area contributed by atoms with Gasteiger partial charge in [-0.15, -0.1) is 22.7 Å². The van der Waals surface area contributed by atoms with Crippen LogP contribution in [0.4, 0.5) is 0 Å². The Bertz CT molecular complexity index is 1580. The maximum absolute atomic E-state index is 4.91. The van der Waals surface area contributed by atoms with E-state index in [1.807, 2.05) is 6.20 Å². The van der Waals surface area contributed by atoms with Crippen molar-refractivity contribution in [2.24, 2.45) is 0 Å². The molecule has 4 heterocycles. The minimum Gasteiger partial charge on any atom is -0.252 e. The van der Waals surface area contributed by atoms with Gasteiger partial charge in [-0.05, 0) is 74.2 Å². The first kappa shape index (κ1) is 22.3. The second-order valence-electron chi connectivity index (χ2n) is 8.95. The molecular weight excluding hydrogens is 487 g/mol. The quantitative estimate of drug-likeness (QED) is 0.238. The highest BCUT2D eigenvalue weighted by atomic mass is 32.1. The number of rotatable bonds is 4. The first-order chi connectivity index (χ1) is 17.0. The Morgan fingerprint density at radius 1 is 0.543 bits per heavy atom. The molecule has 172 valence electrons. The molecule has 0 radical (unpaired) electrons. The fraction of sp³-hybridized carbons (Fsp3) is 0.138. The number of aromatic nitrogens is 3. The molecule has 0 bridgehead atoms. The second-order valence-corrected chi connectivity index (χ2v) is 11.6. The number of hydrogen-bond donors (Lipinski definition) is 0. The molecule has 3 nitrogen and oxygen atoms in total. The molecule has 35 heavy (non-hydrogen) atoms. The molecule has 0 N–H and O–H groups in total. The number of aryl methyl sites for hydroxylation is 4. The van der Waals surface area contributed by atoms with E-state index in [0.29, 0.717) is 0 Å². The molecule has 0 unspecified atom stereocenters. The van der Waals surface area contributed by atoms with Crippen LogP contribution in [0, 0.1) is 27.7 Å². The Morgan fingerprint density at radius 3 is 1.69 bits per heavy atom. The monoisotopic (exact) mass is 509 g/mol. The summed E-state index contributed by atoms with van der Waals surface area (Å²) in [7, 11) is 0. The fourth-order valence-electron chi connectivity index (χ4n) is 4.37. The predicted molar refractivity (Wildman–Crippen MR) is 152 cm³/mol. The van der Waals surface area contributed by atoms with Crippen LogP contribution < -0.4 is 0 Å². The van der Waals surface area contributed by atoms with Gasteiger partial charge in [-0.2, -0.15) is 8.75 Å². The highest BCUT2D eigenvalue weighted by molar-refractivity contribution is 7.19. The van der Waals surface area contributed by atoms with Gasteiger partial charge in [0.2, 0.25) is 0 Å².